The van der Waals surface area contributed by atoms with Crippen LogP contribution in [0.4, 0.5) is 0 Å². The standard InChI is InChI=1S/C16H15BrCl2N2S/c17-13-7-6-12(22-13)15-9(3-1-2-8-20)10-4-5-11(18)14(19)16(10)21-15/h4-7,21H,1-3,8,20H2. The van der Waals surface area contributed by atoms with E-state index in [4.69, 9.17) is 28.9 Å². The number of aryl methyl sites for hydroxylation is 1. The highest BCUT2D eigenvalue weighted by Gasteiger charge is 2.17. The molecule has 0 aliphatic rings. The molecular formula is C16H15BrCl2N2S. The van der Waals surface area contributed by atoms with Crippen LogP contribution < -0.4 is 5.73 Å². The van der Waals surface area contributed by atoms with Gasteiger partial charge in [0.15, 0.2) is 0 Å². The molecule has 0 spiro atoms. The smallest absolute Gasteiger partial charge is 0.0833 e. The lowest BCUT2D eigenvalue weighted by Crippen LogP contribution is -1.99. The lowest BCUT2D eigenvalue weighted by Gasteiger charge is -2.03. The Morgan fingerprint density at radius 1 is 1.14 bits per heavy atom. The second kappa shape index (κ2) is 6.93. The molecule has 22 heavy (non-hydrogen) atoms. The highest BCUT2D eigenvalue weighted by atomic mass is 79.9. The Kier molecular flexibility index (Phi) is 5.15. The lowest BCUT2D eigenvalue weighted by molar-refractivity contribution is 0.748. The van der Waals surface area contributed by atoms with Gasteiger partial charge in [0, 0.05) is 5.39 Å². The van der Waals surface area contributed by atoms with Gasteiger partial charge in [0.05, 0.1) is 29.9 Å². The molecular weight excluding hydrogens is 403 g/mol. The van der Waals surface area contributed by atoms with Gasteiger partial charge >= 0.3 is 0 Å². The van der Waals surface area contributed by atoms with E-state index in [0.29, 0.717) is 10.0 Å². The SMILES string of the molecule is NCCCCc1c(-c2ccc(Br)s2)[nH]c2c(Cl)c(Cl)ccc12. The van der Waals surface area contributed by atoms with Gasteiger partial charge in [-0.1, -0.05) is 29.3 Å². The molecule has 116 valence electrons. The van der Waals surface area contributed by atoms with Gasteiger partial charge in [-0.25, -0.2) is 0 Å². The van der Waals surface area contributed by atoms with Crippen LogP contribution in [-0.2, 0) is 6.42 Å². The maximum Gasteiger partial charge on any atom is 0.0833 e. The molecule has 6 heteroatoms. The molecule has 0 radical (unpaired) electrons. The average Bonchev–Trinajstić information content (AvgIpc) is 3.08. The number of unbranched alkanes of at least 4 members (excludes halogenated alkanes) is 1. The van der Waals surface area contributed by atoms with Crippen molar-refractivity contribution in [3.05, 3.63) is 43.7 Å². The number of H-pyrrole nitrogens is 1. The van der Waals surface area contributed by atoms with E-state index in [9.17, 15) is 0 Å². The van der Waals surface area contributed by atoms with Crippen molar-refractivity contribution < 1.29 is 0 Å². The van der Waals surface area contributed by atoms with Crippen molar-refractivity contribution >= 4 is 61.4 Å². The van der Waals surface area contributed by atoms with Crippen LogP contribution in [-0.4, -0.2) is 11.5 Å². The van der Waals surface area contributed by atoms with Crippen LogP contribution in [0.3, 0.4) is 0 Å². The second-order valence-electron chi connectivity index (χ2n) is 5.11. The van der Waals surface area contributed by atoms with E-state index in [1.54, 1.807) is 11.3 Å². The molecule has 0 fully saturated rings. The van der Waals surface area contributed by atoms with Gasteiger partial charge in [-0.2, -0.15) is 0 Å². The number of nitrogens with two attached hydrogens (primary N) is 1. The van der Waals surface area contributed by atoms with Gasteiger partial charge in [0.2, 0.25) is 0 Å². The first-order valence-electron chi connectivity index (χ1n) is 7.06. The summed E-state index contributed by atoms with van der Waals surface area (Å²) in [5.41, 5.74) is 8.96. The summed E-state index contributed by atoms with van der Waals surface area (Å²) in [6, 6.07) is 8.08. The van der Waals surface area contributed by atoms with E-state index < -0.39 is 0 Å². The minimum Gasteiger partial charge on any atom is -0.352 e. The maximum absolute atomic E-state index is 6.38. The summed E-state index contributed by atoms with van der Waals surface area (Å²) in [5, 5.41) is 2.30. The molecule has 1 aromatic carbocycles. The summed E-state index contributed by atoms with van der Waals surface area (Å²) >= 11 is 17.8. The number of rotatable bonds is 5. The van der Waals surface area contributed by atoms with Gasteiger partial charge in [0.1, 0.15) is 0 Å². The molecule has 0 unspecified atom stereocenters. The normalized spacial score (nSPS) is 11.5. The van der Waals surface area contributed by atoms with Crippen molar-refractivity contribution in [2.24, 2.45) is 5.73 Å². The summed E-state index contributed by atoms with van der Waals surface area (Å²) in [6.07, 6.45) is 3.05. The van der Waals surface area contributed by atoms with Crippen LogP contribution >= 0.6 is 50.5 Å². The summed E-state index contributed by atoms with van der Waals surface area (Å²) in [5.74, 6) is 0. The van der Waals surface area contributed by atoms with Crippen molar-refractivity contribution in [2.75, 3.05) is 6.54 Å². The molecule has 0 aliphatic heterocycles. The summed E-state index contributed by atoms with van der Waals surface area (Å²) in [6.45, 7) is 0.717. The number of hydrogen-bond donors (Lipinski definition) is 2. The molecule has 0 bridgehead atoms. The molecule has 0 saturated heterocycles. The molecule has 0 amide bonds. The van der Waals surface area contributed by atoms with Crippen LogP contribution in [0, 0.1) is 0 Å². The van der Waals surface area contributed by atoms with Gasteiger partial charge < -0.3 is 10.7 Å². The number of aromatic amines is 1. The highest BCUT2D eigenvalue weighted by Crippen LogP contribution is 2.40. The maximum atomic E-state index is 6.38. The molecule has 2 heterocycles. The average molecular weight is 418 g/mol. The molecule has 2 aromatic heterocycles. The Labute approximate surface area is 151 Å². The third kappa shape index (κ3) is 3.08. The summed E-state index contributed by atoms with van der Waals surface area (Å²) < 4.78 is 1.11. The number of halogens is 3. The summed E-state index contributed by atoms with van der Waals surface area (Å²) in [7, 11) is 0. The number of hydrogen-bond acceptors (Lipinski definition) is 2. The Balaban J connectivity index is 2.16. The van der Waals surface area contributed by atoms with Crippen LogP contribution in [0.15, 0.2) is 28.1 Å². The number of benzene rings is 1. The van der Waals surface area contributed by atoms with Gasteiger partial charge in [0.25, 0.3) is 0 Å². The Morgan fingerprint density at radius 2 is 1.95 bits per heavy atom. The van der Waals surface area contributed by atoms with Crippen molar-refractivity contribution in [1.29, 1.82) is 0 Å². The van der Waals surface area contributed by atoms with Crippen LogP contribution in [0.5, 0.6) is 0 Å². The first-order valence-corrected chi connectivity index (χ1v) is 9.42. The number of fused-ring (bicyclic) bond motifs is 1. The van der Waals surface area contributed by atoms with Crippen molar-refractivity contribution in [1.82, 2.24) is 4.98 Å². The number of thiophene rings is 1. The molecule has 0 atom stereocenters. The van der Waals surface area contributed by atoms with E-state index in [0.717, 1.165) is 46.2 Å². The second-order valence-corrected chi connectivity index (χ2v) is 8.36. The third-order valence-corrected chi connectivity index (χ3v) is 6.12. The predicted molar refractivity (Wildman–Crippen MR) is 101 cm³/mol. The fourth-order valence-corrected chi connectivity index (χ4v) is 4.41. The molecule has 0 aliphatic carbocycles. The predicted octanol–water partition coefficient (Wildman–Crippen LogP) is 6.25. The highest BCUT2D eigenvalue weighted by molar-refractivity contribution is 9.11. The minimum atomic E-state index is 0.572. The topological polar surface area (TPSA) is 41.8 Å². The lowest BCUT2D eigenvalue weighted by atomic mass is 10.0. The Morgan fingerprint density at radius 3 is 2.64 bits per heavy atom. The zero-order valence-corrected chi connectivity index (χ0v) is 15.7. The fraction of sp³-hybridized carbons (Fsp3) is 0.250. The van der Waals surface area contributed by atoms with Crippen LogP contribution in [0.25, 0.3) is 21.5 Å². The zero-order valence-electron chi connectivity index (χ0n) is 11.8. The van der Waals surface area contributed by atoms with Crippen molar-refractivity contribution in [3.63, 3.8) is 0 Å². The van der Waals surface area contributed by atoms with Gasteiger partial charge in [-0.05, 0) is 65.5 Å². The first kappa shape index (κ1) is 16.3. The number of aromatic nitrogens is 1. The Bertz CT molecular complexity index is 810. The van der Waals surface area contributed by atoms with E-state index in [-0.39, 0.29) is 0 Å². The number of nitrogens with one attached hydrogen (secondary N) is 1. The molecule has 2 nitrogen and oxygen atoms in total. The zero-order chi connectivity index (χ0) is 15.7. The molecule has 3 aromatic rings. The van der Waals surface area contributed by atoms with E-state index >= 15 is 0 Å². The van der Waals surface area contributed by atoms with Crippen molar-refractivity contribution in [2.45, 2.75) is 19.3 Å². The van der Waals surface area contributed by atoms with E-state index in [1.807, 2.05) is 12.1 Å². The molecule has 3 rings (SSSR count). The van der Waals surface area contributed by atoms with Gasteiger partial charge in [-0.15, -0.1) is 11.3 Å². The van der Waals surface area contributed by atoms with E-state index in [1.165, 1.54) is 10.4 Å². The monoisotopic (exact) mass is 416 g/mol. The van der Waals surface area contributed by atoms with Crippen LogP contribution in [0.2, 0.25) is 10.0 Å². The first-order chi connectivity index (χ1) is 10.6. The Hall–Kier alpha value is -0.520. The summed E-state index contributed by atoms with van der Waals surface area (Å²) in [4.78, 5) is 4.66. The van der Waals surface area contributed by atoms with Crippen LogP contribution in [0.1, 0.15) is 18.4 Å². The van der Waals surface area contributed by atoms with Crippen molar-refractivity contribution in [3.8, 4) is 10.6 Å². The third-order valence-electron chi connectivity index (χ3n) is 3.67. The molecule has 0 saturated carbocycles. The largest absolute Gasteiger partial charge is 0.352 e. The molecule has 3 N–H and O–H groups in total. The van der Waals surface area contributed by atoms with Gasteiger partial charge in [-0.3, -0.25) is 0 Å². The van der Waals surface area contributed by atoms with E-state index in [2.05, 4.69) is 33.0 Å². The quantitative estimate of drug-likeness (QED) is 0.473. The minimum absolute atomic E-state index is 0.572. The fourth-order valence-electron chi connectivity index (χ4n) is 2.62.